The minimum atomic E-state index is -0.469. The maximum absolute atomic E-state index is 13.8. The molecule has 0 amide bonds. The predicted molar refractivity (Wildman–Crippen MR) is 98.8 cm³/mol. The van der Waals surface area contributed by atoms with Gasteiger partial charge in [-0.05, 0) is 37.8 Å². The molecular formula is C17H22F2IN3O. The first-order valence-electron chi connectivity index (χ1n) is 8.25. The van der Waals surface area contributed by atoms with E-state index >= 15 is 0 Å². The third-order valence-corrected chi connectivity index (χ3v) is 5.13. The van der Waals surface area contributed by atoms with Crippen LogP contribution in [0.2, 0.25) is 0 Å². The quantitative estimate of drug-likeness (QED) is 0.424. The molecule has 0 radical (unpaired) electrons. The molecule has 2 bridgehead atoms. The van der Waals surface area contributed by atoms with Gasteiger partial charge in [-0.1, -0.05) is 6.07 Å². The number of hydrogen-bond donors (Lipinski definition) is 2. The largest absolute Gasteiger partial charge is 0.373 e. The van der Waals surface area contributed by atoms with Crippen LogP contribution in [0.15, 0.2) is 23.2 Å². The molecule has 2 saturated heterocycles. The van der Waals surface area contributed by atoms with E-state index in [9.17, 15) is 8.78 Å². The number of aliphatic imine (C=N–C) groups is 1. The maximum atomic E-state index is 13.8. The Morgan fingerprint density at radius 2 is 1.83 bits per heavy atom. The van der Waals surface area contributed by atoms with Crippen LogP contribution >= 0.6 is 24.0 Å². The van der Waals surface area contributed by atoms with Gasteiger partial charge in [0.1, 0.15) is 11.6 Å². The van der Waals surface area contributed by atoms with Crippen molar-refractivity contribution in [3.8, 4) is 0 Å². The summed E-state index contributed by atoms with van der Waals surface area (Å²) in [4.78, 5) is 4.24. The summed E-state index contributed by atoms with van der Waals surface area (Å²) < 4.78 is 33.5. The van der Waals surface area contributed by atoms with Crippen molar-refractivity contribution in [1.29, 1.82) is 0 Å². The summed E-state index contributed by atoms with van der Waals surface area (Å²) in [6.07, 6.45) is 4.58. The van der Waals surface area contributed by atoms with E-state index in [2.05, 4.69) is 15.6 Å². The predicted octanol–water partition coefficient (Wildman–Crippen LogP) is 2.92. The number of nitrogens with zero attached hydrogens (tertiary/aromatic N) is 1. The topological polar surface area (TPSA) is 45.7 Å². The Morgan fingerprint density at radius 1 is 1.12 bits per heavy atom. The van der Waals surface area contributed by atoms with E-state index < -0.39 is 11.6 Å². The van der Waals surface area contributed by atoms with Crippen LogP contribution in [0.1, 0.15) is 37.2 Å². The molecule has 1 saturated carbocycles. The first kappa shape index (κ1) is 17.8. The fourth-order valence-corrected chi connectivity index (χ4v) is 3.85. The lowest BCUT2D eigenvalue weighted by atomic mass is 9.96. The number of ether oxygens (including phenoxy) is 1. The van der Waals surface area contributed by atoms with E-state index in [-0.39, 0.29) is 53.6 Å². The Labute approximate surface area is 157 Å². The van der Waals surface area contributed by atoms with E-state index in [1.165, 1.54) is 18.2 Å². The number of rotatable bonds is 3. The maximum Gasteiger partial charge on any atom is 0.191 e. The van der Waals surface area contributed by atoms with Crippen LogP contribution in [-0.2, 0) is 4.74 Å². The first-order valence-corrected chi connectivity index (χ1v) is 8.25. The van der Waals surface area contributed by atoms with Crippen molar-refractivity contribution >= 4 is 29.9 Å². The zero-order valence-corrected chi connectivity index (χ0v) is 15.8. The molecule has 2 N–H and O–H groups in total. The fourth-order valence-electron chi connectivity index (χ4n) is 3.85. The molecule has 5 unspecified atom stereocenters. The van der Waals surface area contributed by atoms with Gasteiger partial charge in [-0.3, -0.25) is 4.99 Å². The Morgan fingerprint density at radius 3 is 2.42 bits per heavy atom. The molecule has 1 aromatic rings. The molecule has 2 aliphatic heterocycles. The second kappa shape index (κ2) is 7.11. The highest BCUT2D eigenvalue weighted by molar-refractivity contribution is 14.0. The summed E-state index contributed by atoms with van der Waals surface area (Å²) in [7, 11) is 1.71. The van der Waals surface area contributed by atoms with E-state index in [0.717, 1.165) is 19.3 Å². The highest BCUT2D eigenvalue weighted by Gasteiger charge is 2.44. The van der Waals surface area contributed by atoms with Gasteiger partial charge in [0.15, 0.2) is 5.96 Å². The summed E-state index contributed by atoms with van der Waals surface area (Å²) in [5.74, 6) is -0.381. The Hall–Kier alpha value is -0.960. The van der Waals surface area contributed by atoms with Crippen LogP contribution in [0.3, 0.4) is 0 Å². The molecule has 24 heavy (non-hydrogen) atoms. The molecule has 0 aromatic heterocycles. The Bertz CT molecular complexity index is 622. The van der Waals surface area contributed by atoms with Gasteiger partial charge in [0, 0.05) is 24.6 Å². The van der Waals surface area contributed by atoms with Crippen molar-refractivity contribution in [1.82, 2.24) is 10.6 Å². The Kier molecular flexibility index (Phi) is 5.29. The van der Waals surface area contributed by atoms with E-state index in [0.29, 0.717) is 18.5 Å². The summed E-state index contributed by atoms with van der Waals surface area (Å²) in [5.41, 5.74) is 0.184. The fraction of sp³-hybridized carbons (Fsp3) is 0.588. The van der Waals surface area contributed by atoms with Crippen molar-refractivity contribution in [3.63, 3.8) is 0 Å². The van der Waals surface area contributed by atoms with Gasteiger partial charge in [-0.15, -0.1) is 24.0 Å². The van der Waals surface area contributed by atoms with Crippen LogP contribution in [0.25, 0.3) is 0 Å². The van der Waals surface area contributed by atoms with Gasteiger partial charge in [-0.25, -0.2) is 8.78 Å². The Balaban J connectivity index is 0.00000169. The van der Waals surface area contributed by atoms with Gasteiger partial charge in [0.2, 0.25) is 0 Å². The average Bonchev–Trinajstić information content (AvgIpc) is 2.95. The lowest BCUT2D eigenvalue weighted by molar-refractivity contribution is 0.0992. The minimum Gasteiger partial charge on any atom is -0.373 e. The average molecular weight is 449 g/mol. The van der Waals surface area contributed by atoms with E-state index in [1.54, 1.807) is 7.05 Å². The van der Waals surface area contributed by atoms with Crippen LogP contribution in [0, 0.1) is 11.6 Å². The molecule has 3 aliphatic rings. The van der Waals surface area contributed by atoms with Crippen molar-refractivity contribution in [2.45, 2.75) is 55.9 Å². The highest BCUT2D eigenvalue weighted by atomic mass is 127. The number of fused-ring (bicyclic) bond motifs is 2. The van der Waals surface area contributed by atoms with Gasteiger partial charge in [-0.2, -0.15) is 0 Å². The molecule has 132 valence electrons. The van der Waals surface area contributed by atoms with E-state index in [1.807, 2.05) is 0 Å². The lowest BCUT2D eigenvalue weighted by Crippen LogP contribution is -2.48. The first-order chi connectivity index (χ1) is 11.2. The summed E-state index contributed by atoms with van der Waals surface area (Å²) in [6.45, 7) is 0. The summed E-state index contributed by atoms with van der Waals surface area (Å²) in [6, 6.07) is 4.32. The number of hydrogen-bond acceptors (Lipinski definition) is 2. The number of halogens is 3. The third kappa shape index (κ3) is 3.37. The number of benzene rings is 1. The number of nitrogens with one attached hydrogen (secondary N) is 2. The smallest absolute Gasteiger partial charge is 0.191 e. The van der Waals surface area contributed by atoms with Crippen LogP contribution < -0.4 is 10.6 Å². The lowest BCUT2D eigenvalue weighted by Gasteiger charge is -2.22. The minimum absolute atomic E-state index is 0. The van der Waals surface area contributed by atoms with Gasteiger partial charge in [0.25, 0.3) is 0 Å². The third-order valence-electron chi connectivity index (χ3n) is 5.13. The standard InChI is InChI=1S/C17H21F2N3O.HI/c1-20-17(22-14-7-9-5-6-15(14)23-9)21-13-8-10(13)16-11(18)3-2-4-12(16)19;/h2-4,9-10,13-15H,5-8H2,1H3,(H2,20,21,22);1H. The van der Waals surface area contributed by atoms with Crippen LogP contribution in [0.5, 0.6) is 0 Å². The van der Waals surface area contributed by atoms with Crippen molar-refractivity contribution < 1.29 is 13.5 Å². The molecule has 1 aromatic carbocycles. The van der Waals surface area contributed by atoms with Gasteiger partial charge in [0.05, 0.1) is 18.2 Å². The van der Waals surface area contributed by atoms with Crippen molar-refractivity contribution in [2.24, 2.45) is 4.99 Å². The van der Waals surface area contributed by atoms with E-state index in [4.69, 9.17) is 4.74 Å². The molecule has 1 aliphatic carbocycles. The number of guanidine groups is 1. The summed E-state index contributed by atoms with van der Waals surface area (Å²) >= 11 is 0. The molecule has 4 nitrogen and oxygen atoms in total. The molecule has 5 atom stereocenters. The highest BCUT2D eigenvalue weighted by Crippen LogP contribution is 2.43. The van der Waals surface area contributed by atoms with Gasteiger partial charge < -0.3 is 15.4 Å². The van der Waals surface area contributed by atoms with Crippen LogP contribution in [0.4, 0.5) is 8.78 Å². The second-order valence-corrected chi connectivity index (χ2v) is 6.66. The zero-order valence-electron chi connectivity index (χ0n) is 13.5. The molecule has 3 fully saturated rings. The molecule has 0 spiro atoms. The monoisotopic (exact) mass is 449 g/mol. The van der Waals surface area contributed by atoms with Gasteiger partial charge >= 0.3 is 0 Å². The molecular weight excluding hydrogens is 427 g/mol. The normalized spacial score (nSPS) is 34.0. The molecule has 4 rings (SSSR count). The van der Waals surface area contributed by atoms with Crippen LogP contribution in [-0.4, -0.2) is 37.3 Å². The molecule has 2 heterocycles. The SMILES string of the molecule is CN=C(NC1CC2CCC1O2)NC1CC1c1c(F)cccc1F.I. The second-order valence-electron chi connectivity index (χ2n) is 6.66. The summed E-state index contributed by atoms with van der Waals surface area (Å²) in [5, 5.41) is 6.68. The zero-order chi connectivity index (χ0) is 16.0. The van der Waals surface area contributed by atoms with Crippen molar-refractivity contribution in [3.05, 3.63) is 35.4 Å². The van der Waals surface area contributed by atoms with Crippen molar-refractivity contribution in [2.75, 3.05) is 7.05 Å². The molecule has 7 heteroatoms.